The second-order valence-electron chi connectivity index (χ2n) is 18.8. The predicted octanol–water partition coefficient (Wildman–Crippen LogP) is 17.5. The molecule has 0 aliphatic carbocycles. The van der Waals surface area contributed by atoms with E-state index in [4.69, 9.17) is 14.2 Å². The smallest absolute Gasteiger partial charge is 0.306 e. The molecule has 0 fully saturated rings. The van der Waals surface area contributed by atoms with E-state index < -0.39 is 6.10 Å². The topological polar surface area (TPSA) is 78.9 Å². The highest BCUT2D eigenvalue weighted by atomic mass is 16.6. The first-order valence-electron chi connectivity index (χ1n) is 26.9. The Hall–Kier alpha value is -1.59. The van der Waals surface area contributed by atoms with E-state index in [0.717, 1.165) is 63.7 Å². The van der Waals surface area contributed by atoms with Gasteiger partial charge in [0.25, 0.3) is 0 Å². The monoisotopic (exact) mass is 849 g/mol. The molecule has 0 rings (SSSR count). The summed E-state index contributed by atoms with van der Waals surface area (Å²) in [6.07, 6.45) is 51.0. The number of rotatable bonds is 49. The lowest BCUT2D eigenvalue weighted by atomic mass is 9.99. The van der Waals surface area contributed by atoms with Gasteiger partial charge in [0.05, 0.1) is 0 Å². The first kappa shape index (κ1) is 58.4. The molecular formula is C54H104O6. The molecule has 60 heavy (non-hydrogen) atoms. The minimum absolute atomic E-state index is 0.0629. The minimum atomic E-state index is -0.759. The first-order chi connectivity index (χ1) is 29.4. The summed E-state index contributed by atoms with van der Waals surface area (Å²) >= 11 is 0. The maximum atomic E-state index is 12.7. The summed E-state index contributed by atoms with van der Waals surface area (Å²) in [4.78, 5) is 37.8. The first-order valence-corrected chi connectivity index (χ1v) is 26.9. The van der Waals surface area contributed by atoms with Crippen molar-refractivity contribution < 1.29 is 28.6 Å². The van der Waals surface area contributed by atoms with Gasteiger partial charge in [-0.05, 0) is 25.2 Å². The highest BCUT2D eigenvalue weighted by Gasteiger charge is 2.19. The molecule has 0 aliphatic rings. The number of hydrogen-bond donors (Lipinski definition) is 0. The standard InChI is InChI=1S/C54H104O6/c1-5-8-10-12-14-15-16-23-28-31-35-39-43-47-54(57)60-51(48-58-52(55)45-41-37-32-13-11-9-6-2)49-59-53(56)46-42-38-34-30-27-25-22-20-18-17-19-21-24-26-29-33-36-40-44-50(4)7-3/h50-51H,5-49H2,1-4H3/t50?,51-/m1/s1. The van der Waals surface area contributed by atoms with Crippen LogP contribution >= 0.6 is 0 Å². The summed E-state index contributed by atoms with van der Waals surface area (Å²) in [5.41, 5.74) is 0. The fourth-order valence-electron chi connectivity index (χ4n) is 8.19. The highest BCUT2D eigenvalue weighted by Crippen LogP contribution is 2.18. The zero-order chi connectivity index (χ0) is 43.8. The van der Waals surface area contributed by atoms with Gasteiger partial charge in [0.1, 0.15) is 13.2 Å². The van der Waals surface area contributed by atoms with E-state index in [2.05, 4.69) is 27.7 Å². The van der Waals surface area contributed by atoms with Crippen LogP contribution in [0.2, 0.25) is 0 Å². The maximum Gasteiger partial charge on any atom is 0.306 e. The van der Waals surface area contributed by atoms with Gasteiger partial charge in [0, 0.05) is 19.3 Å². The highest BCUT2D eigenvalue weighted by molar-refractivity contribution is 5.71. The zero-order valence-electron chi connectivity index (χ0n) is 40.9. The molecule has 0 heterocycles. The molecule has 6 nitrogen and oxygen atoms in total. The van der Waals surface area contributed by atoms with Crippen LogP contribution in [-0.4, -0.2) is 37.2 Å². The number of carbonyl (C=O) groups is 3. The van der Waals surface area contributed by atoms with Crippen molar-refractivity contribution in [2.45, 2.75) is 310 Å². The van der Waals surface area contributed by atoms with Crippen LogP contribution in [0.1, 0.15) is 304 Å². The van der Waals surface area contributed by atoms with Gasteiger partial charge in [-0.2, -0.15) is 0 Å². The maximum absolute atomic E-state index is 12.7. The second kappa shape index (κ2) is 48.4. The zero-order valence-corrected chi connectivity index (χ0v) is 40.9. The Morgan fingerprint density at radius 3 is 0.867 bits per heavy atom. The largest absolute Gasteiger partial charge is 0.462 e. The van der Waals surface area contributed by atoms with E-state index in [1.54, 1.807) is 0 Å². The molecule has 0 bridgehead atoms. The molecule has 0 N–H and O–H groups in total. The number of ether oxygens (including phenoxy) is 3. The van der Waals surface area contributed by atoms with Crippen LogP contribution in [0.15, 0.2) is 0 Å². The van der Waals surface area contributed by atoms with Gasteiger partial charge in [-0.3, -0.25) is 14.4 Å². The molecule has 0 aliphatic heterocycles. The van der Waals surface area contributed by atoms with Gasteiger partial charge in [0.2, 0.25) is 0 Å². The number of esters is 3. The van der Waals surface area contributed by atoms with Gasteiger partial charge in [-0.1, -0.05) is 265 Å². The molecule has 0 aromatic heterocycles. The third-order valence-corrected chi connectivity index (χ3v) is 12.7. The van der Waals surface area contributed by atoms with Crippen molar-refractivity contribution in [1.82, 2.24) is 0 Å². The molecular weight excluding hydrogens is 745 g/mol. The minimum Gasteiger partial charge on any atom is -0.462 e. The van der Waals surface area contributed by atoms with Gasteiger partial charge >= 0.3 is 17.9 Å². The lowest BCUT2D eigenvalue weighted by Gasteiger charge is -2.18. The third kappa shape index (κ3) is 45.9. The third-order valence-electron chi connectivity index (χ3n) is 12.7. The van der Waals surface area contributed by atoms with Crippen molar-refractivity contribution in [2.24, 2.45) is 5.92 Å². The molecule has 0 aromatic rings. The number of hydrogen-bond acceptors (Lipinski definition) is 6. The predicted molar refractivity (Wildman–Crippen MR) is 257 cm³/mol. The molecule has 0 saturated carbocycles. The van der Waals surface area contributed by atoms with Crippen LogP contribution in [-0.2, 0) is 28.6 Å². The van der Waals surface area contributed by atoms with Crippen molar-refractivity contribution >= 4 is 17.9 Å². The van der Waals surface area contributed by atoms with Crippen molar-refractivity contribution in [3.05, 3.63) is 0 Å². The Balaban J connectivity index is 4.11. The Morgan fingerprint density at radius 1 is 0.333 bits per heavy atom. The van der Waals surface area contributed by atoms with E-state index in [1.165, 1.54) is 199 Å². The molecule has 356 valence electrons. The molecule has 6 heteroatoms. The van der Waals surface area contributed by atoms with Crippen molar-refractivity contribution in [3.63, 3.8) is 0 Å². The Morgan fingerprint density at radius 2 is 0.583 bits per heavy atom. The average molecular weight is 849 g/mol. The summed E-state index contributed by atoms with van der Waals surface area (Å²) in [7, 11) is 0. The van der Waals surface area contributed by atoms with Crippen LogP contribution < -0.4 is 0 Å². The lowest BCUT2D eigenvalue weighted by molar-refractivity contribution is -0.167. The normalized spacial score (nSPS) is 12.4. The fraction of sp³-hybridized carbons (Fsp3) is 0.944. The molecule has 0 radical (unpaired) electrons. The molecule has 1 unspecified atom stereocenters. The van der Waals surface area contributed by atoms with Crippen molar-refractivity contribution in [2.75, 3.05) is 13.2 Å². The van der Waals surface area contributed by atoms with E-state index >= 15 is 0 Å². The van der Waals surface area contributed by atoms with Crippen LogP contribution in [0.4, 0.5) is 0 Å². The van der Waals surface area contributed by atoms with Crippen LogP contribution in [0.3, 0.4) is 0 Å². The number of carbonyl (C=O) groups excluding carboxylic acids is 3. The van der Waals surface area contributed by atoms with Crippen molar-refractivity contribution in [3.8, 4) is 0 Å². The van der Waals surface area contributed by atoms with Gasteiger partial charge in [0.15, 0.2) is 6.10 Å². The van der Waals surface area contributed by atoms with E-state index in [0.29, 0.717) is 19.3 Å². The quantitative estimate of drug-likeness (QED) is 0.0345. The van der Waals surface area contributed by atoms with Crippen LogP contribution in [0.5, 0.6) is 0 Å². The van der Waals surface area contributed by atoms with Gasteiger partial charge < -0.3 is 14.2 Å². The fourth-order valence-corrected chi connectivity index (χ4v) is 8.19. The summed E-state index contributed by atoms with van der Waals surface area (Å²) in [5.74, 6) is 0.0605. The Kier molecular flexibility index (Phi) is 47.2. The molecule has 2 atom stereocenters. The van der Waals surface area contributed by atoms with Crippen LogP contribution in [0, 0.1) is 5.92 Å². The average Bonchev–Trinajstić information content (AvgIpc) is 3.25. The summed E-state index contributed by atoms with van der Waals surface area (Å²) in [6, 6.07) is 0. The molecule has 0 saturated heterocycles. The molecule has 0 amide bonds. The lowest BCUT2D eigenvalue weighted by Crippen LogP contribution is -2.30. The Bertz CT molecular complexity index is 905. The molecule has 0 spiro atoms. The van der Waals surface area contributed by atoms with E-state index in [1.807, 2.05) is 0 Å². The van der Waals surface area contributed by atoms with Gasteiger partial charge in [-0.15, -0.1) is 0 Å². The second-order valence-corrected chi connectivity index (χ2v) is 18.8. The van der Waals surface area contributed by atoms with E-state index in [-0.39, 0.29) is 31.1 Å². The van der Waals surface area contributed by atoms with Crippen molar-refractivity contribution in [1.29, 1.82) is 0 Å². The number of unbranched alkanes of at least 4 members (excludes halogenated alkanes) is 35. The van der Waals surface area contributed by atoms with Gasteiger partial charge in [-0.25, -0.2) is 0 Å². The summed E-state index contributed by atoms with van der Waals surface area (Å²) in [5, 5.41) is 0. The van der Waals surface area contributed by atoms with Crippen LogP contribution in [0.25, 0.3) is 0 Å². The van der Waals surface area contributed by atoms with E-state index in [9.17, 15) is 14.4 Å². The summed E-state index contributed by atoms with van der Waals surface area (Å²) in [6.45, 7) is 9.04. The summed E-state index contributed by atoms with van der Waals surface area (Å²) < 4.78 is 16.7. The Labute approximate surface area is 374 Å². The SMILES string of the molecule is CCCCCCCCCCCCCCCC(=O)O[C@H](COC(=O)CCCCCCCCC)COC(=O)CCCCCCCCCCCCCCCCCCCCC(C)CC. The molecule has 0 aromatic carbocycles.